The average molecular weight is 273 g/mol. The van der Waals surface area contributed by atoms with Crippen LogP contribution in [-0.4, -0.2) is 13.1 Å². The molecule has 1 nitrogen and oxygen atoms in total. The third-order valence-electron chi connectivity index (χ3n) is 4.89. The largest absolute Gasteiger partial charge is 0.316 e. The van der Waals surface area contributed by atoms with Crippen molar-refractivity contribution in [1.29, 1.82) is 0 Å². The fraction of sp³-hybridized carbons (Fsp3) is 0.684. The predicted molar refractivity (Wildman–Crippen MR) is 88.1 cm³/mol. The van der Waals surface area contributed by atoms with Gasteiger partial charge in [-0.2, -0.15) is 0 Å². The van der Waals surface area contributed by atoms with Crippen molar-refractivity contribution in [2.45, 2.75) is 58.8 Å². The van der Waals surface area contributed by atoms with Gasteiger partial charge in [-0.15, -0.1) is 0 Å². The molecule has 0 aliphatic heterocycles. The minimum Gasteiger partial charge on any atom is -0.316 e. The van der Waals surface area contributed by atoms with Crippen molar-refractivity contribution >= 4 is 0 Å². The first kappa shape index (κ1) is 15.6. The van der Waals surface area contributed by atoms with Crippen LogP contribution in [0.2, 0.25) is 0 Å². The molecule has 2 atom stereocenters. The third-order valence-corrected chi connectivity index (χ3v) is 4.89. The molecule has 20 heavy (non-hydrogen) atoms. The maximum atomic E-state index is 3.66. The molecule has 0 amide bonds. The molecule has 1 saturated carbocycles. The van der Waals surface area contributed by atoms with E-state index in [1.807, 2.05) is 0 Å². The van der Waals surface area contributed by atoms with Gasteiger partial charge in [0.25, 0.3) is 0 Å². The molecule has 1 aromatic rings. The van der Waals surface area contributed by atoms with E-state index in [1.54, 1.807) is 5.56 Å². The highest BCUT2D eigenvalue weighted by atomic mass is 14.9. The Morgan fingerprint density at radius 3 is 2.55 bits per heavy atom. The third kappa shape index (κ3) is 4.63. The van der Waals surface area contributed by atoms with Crippen LogP contribution >= 0.6 is 0 Å². The fourth-order valence-electron chi connectivity index (χ4n) is 3.58. The minimum absolute atomic E-state index is 0.878. The van der Waals surface area contributed by atoms with E-state index < -0.39 is 0 Å². The summed E-state index contributed by atoms with van der Waals surface area (Å²) < 4.78 is 0. The van der Waals surface area contributed by atoms with Gasteiger partial charge >= 0.3 is 0 Å². The molecule has 1 heteroatoms. The van der Waals surface area contributed by atoms with Crippen LogP contribution in [0.4, 0.5) is 0 Å². The van der Waals surface area contributed by atoms with Crippen LogP contribution in [0.3, 0.4) is 0 Å². The lowest BCUT2D eigenvalue weighted by Crippen LogP contribution is -2.29. The van der Waals surface area contributed by atoms with Crippen LogP contribution in [0.25, 0.3) is 0 Å². The fourth-order valence-corrected chi connectivity index (χ4v) is 3.58. The van der Waals surface area contributed by atoms with Gasteiger partial charge in [-0.3, -0.25) is 0 Å². The number of nitrogens with one attached hydrogen (secondary N) is 1. The van der Waals surface area contributed by atoms with E-state index in [4.69, 9.17) is 0 Å². The highest BCUT2D eigenvalue weighted by Gasteiger charge is 2.23. The Morgan fingerprint density at radius 1 is 1.05 bits per heavy atom. The zero-order valence-electron chi connectivity index (χ0n) is 13.3. The summed E-state index contributed by atoms with van der Waals surface area (Å²) in [6.45, 7) is 6.92. The number of hydrogen-bond donors (Lipinski definition) is 1. The quantitative estimate of drug-likeness (QED) is 0.583. The molecule has 112 valence electrons. The molecule has 0 saturated heterocycles. The summed E-state index contributed by atoms with van der Waals surface area (Å²) >= 11 is 0. The molecule has 0 bridgehead atoms. The molecule has 1 fully saturated rings. The first-order valence-corrected chi connectivity index (χ1v) is 8.56. The summed E-state index contributed by atoms with van der Waals surface area (Å²) in [5.74, 6) is 1.76. The van der Waals surface area contributed by atoms with Crippen molar-refractivity contribution < 1.29 is 0 Å². The first-order chi connectivity index (χ1) is 9.81. The molecule has 0 radical (unpaired) electrons. The van der Waals surface area contributed by atoms with Crippen LogP contribution in [-0.2, 0) is 6.42 Å². The number of rotatable bonds is 6. The molecule has 2 unspecified atom stereocenters. The van der Waals surface area contributed by atoms with Gasteiger partial charge in [-0.05, 0) is 68.7 Å². The van der Waals surface area contributed by atoms with Gasteiger partial charge in [0.2, 0.25) is 0 Å². The Balaban J connectivity index is 1.98. The maximum absolute atomic E-state index is 3.66. The van der Waals surface area contributed by atoms with Gasteiger partial charge in [0.15, 0.2) is 0 Å². The van der Waals surface area contributed by atoms with Gasteiger partial charge < -0.3 is 5.32 Å². The second-order valence-corrected chi connectivity index (χ2v) is 6.49. The van der Waals surface area contributed by atoms with Crippen LogP contribution in [0.5, 0.6) is 0 Å². The summed E-state index contributed by atoms with van der Waals surface area (Å²) in [5, 5.41) is 3.66. The normalized spacial score (nSPS) is 23.5. The number of aryl methyl sites for hydroxylation is 1. The lowest BCUT2D eigenvalue weighted by atomic mass is 9.82. The van der Waals surface area contributed by atoms with Crippen molar-refractivity contribution in [2.24, 2.45) is 11.8 Å². The standard InChI is InChI=1S/C19H31N/c1-3-13-20-15-19-12-6-4-5-11-18(19)14-17-10-8-7-9-16(17)2/h7-10,18-20H,3-6,11-15H2,1-2H3. The zero-order valence-corrected chi connectivity index (χ0v) is 13.3. The summed E-state index contributed by atoms with van der Waals surface area (Å²) in [7, 11) is 0. The van der Waals surface area contributed by atoms with Crippen molar-refractivity contribution in [3.05, 3.63) is 35.4 Å². The van der Waals surface area contributed by atoms with Gasteiger partial charge in [-0.25, -0.2) is 0 Å². The van der Waals surface area contributed by atoms with E-state index in [0.29, 0.717) is 0 Å². The molecular weight excluding hydrogens is 242 g/mol. The molecule has 0 aromatic heterocycles. The molecule has 2 rings (SSSR count). The first-order valence-electron chi connectivity index (χ1n) is 8.56. The molecule has 1 aliphatic carbocycles. The topological polar surface area (TPSA) is 12.0 Å². The Labute approximate surface area is 125 Å². The summed E-state index contributed by atoms with van der Waals surface area (Å²) in [6, 6.07) is 8.95. The predicted octanol–water partition coefficient (Wildman–Crippen LogP) is 4.73. The summed E-state index contributed by atoms with van der Waals surface area (Å²) in [4.78, 5) is 0. The Hall–Kier alpha value is -0.820. The zero-order chi connectivity index (χ0) is 14.2. The van der Waals surface area contributed by atoms with Crippen LogP contribution in [0.1, 0.15) is 56.6 Å². The highest BCUT2D eigenvalue weighted by Crippen LogP contribution is 2.31. The van der Waals surface area contributed by atoms with Crippen LogP contribution in [0, 0.1) is 18.8 Å². The summed E-state index contributed by atoms with van der Waals surface area (Å²) in [5.41, 5.74) is 3.04. The Morgan fingerprint density at radius 2 is 1.80 bits per heavy atom. The minimum atomic E-state index is 0.878. The van der Waals surface area contributed by atoms with E-state index in [0.717, 1.165) is 11.8 Å². The molecule has 1 N–H and O–H groups in total. The molecule has 0 heterocycles. The van der Waals surface area contributed by atoms with Gasteiger partial charge in [0.05, 0.1) is 0 Å². The molecular formula is C19H31N. The van der Waals surface area contributed by atoms with Gasteiger partial charge in [-0.1, -0.05) is 50.5 Å². The smallest absolute Gasteiger partial charge is 0.00178 e. The van der Waals surface area contributed by atoms with Crippen molar-refractivity contribution in [2.75, 3.05) is 13.1 Å². The number of benzene rings is 1. The van der Waals surface area contributed by atoms with E-state index in [2.05, 4.69) is 43.4 Å². The molecule has 0 spiro atoms. The Bertz CT molecular complexity index is 385. The van der Waals surface area contributed by atoms with Crippen LogP contribution in [0.15, 0.2) is 24.3 Å². The lowest BCUT2D eigenvalue weighted by molar-refractivity contribution is 0.298. The molecule has 1 aromatic carbocycles. The van der Waals surface area contributed by atoms with Crippen LogP contribution < -0.4 is 5.32 Å². The highest BCUT2D eigenvalue weighted by molar-refractivity contribution is 5.26. The van der Waals surface area contributed by atoms with Crippen molar-refractivity contribution in [1.82, 2.24) is 5.32 Å². The second-order valence-electron chi connectivity index (χ2n) is 6.49. The maximum Gasteiger partial charge on any atom is -0.00178 e. The number of hydrogen-bond acceptors (Lipinski definition) is 1. The van der Waals surface area contributed by atoms with E-state index in [1.165, 1.54) is 63.6 Å². The van der Waals surface area contributed by atoms with E-state index in [-0.39, 0.29) is 0 Å². The van der Waals surface area contributed by atoms with Gasteiger partial charge in [0, 0.05) is 0 Å². The van der Waals surface area contributed by atoms with E-state index in [9.17, 15) is 0 Å². The van der Waals surface area contributed by atoms with Crippen molar-refractivity contribution in [3.8, 4) is 0 Å². The average Bonchev–Trinajstić information content (AvgIpc) is 2.67. The lowest BCUT2D eigenvalue weighted by Gasteiger charge is -2.26. The molecule has 1 aliphatic rings. The van der Waals surface area contributed by atoms with Gasteiger partial charge in [0.1, 0.15) is 0 Å². The Kier molecular flexibility index (Phi) is 6.59. The second kappa shape index (κ2) is 8.46. The summed E-state index contributed by atoms with van der Waals surface area (Å²) in [6.07, 6.45) is 9.68. The monoisotopic (exact) mass is 273 g/mol. The van der Waals surface area contributed by atoms with Crippen molar-refractivity contribution in [3.63, 3.8) is 0 Å². The van der Waals surface area contributed by atoms with E-state index >= 15 is 0 Å². The SMILES string of the molecule is CCCNCC1CCCCCC1Cc1ccccc1C.